The van der Waals surface area contributed by atoms with Crippen LogP contribution in [0.25, 0.3) is 43.1 Å². The maximum atomic E-state index is 14.2. The van der Waals surface area contributed by atoms with Gasteiger partial charge in [-0.2, -0.15) is 17.2 Å². The van der Waals surface area contributed by atoms with Gasteiger partial charge in [-0.15, -0.1) is 0 Å². The van der Waals surface area contributed by atoms with Gasteiger partial charge in [-0.1, -0.05) is 60.7 Å². The molecule has 5 fully saturated rings. The number of fused-ring (bicyclic) bond motifs is 4. The summed E-state index contributed by atoms with van der Waals surface area (Å²) in [4.78, 5) is 39.5. The molecule has 5 aliphatic rings. The lowest BCUT2D eigenvalue weighted by molar-refractivity contribution is -0.121. The van der Waals surface area contributed by atoms with Crippen molar-refractivity contribution in [3.05, 3.63) is 180 Å². The van der Waals surface area contributed by atoms with Crippen LogP contribution in [0.2, 0.25) is 0 Å². The summed E-state index contributed by atoms with van der Waals surface area (Å²) in [6.07, 6.45) is 18.0. The van der Waals surface area contributed by atoms with Crippen molar-refractivity contribution in [1.29, 1.82) is 0 Å². The molecular formula is C74H95FN14O10S4. The summed E-state index contributed by atoms with van der Waals surface area (Å²) in [5, 5.41) is 20.6. The van der Waals surface area contributed by atoms with E-state index in [2.05, 4.69) is 53.4 Å². The highest BCUT2D eigenvalue weighted by Gasteiger charge is 2.35. The highest BCUT2D eigenvalue weighted by atomic mass is 32.2. The zero-order chi connectivity index (χ0) is 73.3. The van der Waals surface area contributed by atoms with Gasteiger partial charge in [0.1, 0.15) is 0 Å². The summed E-state index contributed by atoms with van der Waals surface area (Å²) in [6.45, 7) is 16.7. The van der Waals surface area contributed by atoms with Gasteiger partial charge in [0.25, 0.3) is 5.56 Å². The number of nitrogens with zero attached hydrogens (tertiary/aromatic N) is 7. The standard InChI is InChI=1S/C16H21N3O2S.C15H18FN3O2S.C15H22N2O.C14H17N3O3S.C14H17N3O2S/c1-12-9-18-11-14-5-3-6-15(16(12)14)22(20,21)19-8-4-7-17-10-13(19)2;1-11-8-17-6-3-7-19(11)22(20,21)14-5-2-4-12-9-18-10-13(16)15(12)14;1-11(16)12-7-9-13(10-8-12)15(18)17-14-5-3-2-4-6-14;18-14-12-3-1-4-13(11(12)5-7-16-14)21(19,20)17-9-2-6-15-8-10-17;18-20(19,17-9-2-6-15-8-10-17)14-4-1-3-12-11-16-7-5-13(12)14/h3,5-6,9,11,13,17H,4,7-8,10H2,1-2H3;2,4-5,9-11,17H,3,6-8H2,1H3;2-6,11-13H,7-10,16H2,1H3,(H,17,18);1,3-5,7,15H,2,6,8-10H2,(H,16,18);1,3-5,7,11,15H,2,6,8-10H2/t13-;11-;11-,12?,13?;;/m001../s1. The molecule has 4 aromatic heterocycles. The second kappa shape index (κ2) is 35.9. The van der Waals surface area contributed by atoms with Crippen LogP contribution in [0.15, 0.2) is 183 Å². The lowest BCUT2D eigenvalue weighted by Gasteiger charge is -2.29. The number of hydrogen-bond donors (Lipinski definition) is 7. The molecule has 0 radical (unpaired) electrons. The third-order valence-corrected chi connectivity index (χ3v) is 27.3. The number of rotatable bonds is 11. The Morgan fingerprint density at radius 1 is 0.515 bits per heavy atom. The zero-order valence-electron chi connectivity index (χ0n) is 58.8. The van der Waals surface area contributed by atoms with E-state index < -0.39 is 45.9 Å². The van der Waals surface area contributed by atoms with Crippen LogP contribution >= 0.6 is 0 Å². The molecule has 14 rings (SSSR count). The molecule has 0 unspecified atom stereocenters. The Labute approximate surface area is 604 Å². The SMILES string of the molecule is C[C@@H](N)C1CCC(C(=O)Nc2ccccc2)CC1.C[C@H]1CNCCCN1S(=O)(=O)c1cccc2cncc(F)c12.Cc1cncc2cccc(S(=O)(=O)N3CCCNC[C@@H]3C)c12.O=S(=O)(c1cccc2cnccc12)N1CCCNCC1.O=c1[nH]ccc2c(S(=O)(=O)N3CCCNCC3)cccc12. The van der Waals surface area contributed by atoms with E-state index in [1.54, 1.807) is 100 Å². The molecule has 4 aliphatic heterocycles. The number of H-pyrrole nitrogens is 1. The maximum Gasteiger partial charge on any atom is 0.255 e. The van der Waals surface area contributed by atoms with E-state index in [1.807, 2.05) is 63.2 Å². The predicted molar refractivity (Wildman–Crippen MR) is 403 cm³/mol. The second-order valence-corrected chi connectivity index (χ2v) is 34.1. The topological polar surface area (TPSA) is 324 Å². The summed E-state index contributed by atoms with van der Waals surface area (Å²) in [7, 11) is -14.3. The monoisotopic (exact) mass is 1490 g/mol. The first-order valence-corrected chi connectivity index (χ1v) is 41.0. The number of para-hydroxylation sites is 1. The smallest absolute Gasteiger partial charge is 0.255 e. The Bertz CT molecular complexity index is 4740. The van der Waals surface area contributed by atoms with Crippen molar-refractivity contribution in [3.63, 3.8) is 0 Å². The molecule has 1 saturated carbocycles. The molecule has 1 aliphatic carbocycles. The number of hydrogen-bond acceptors (Lipinski definition) is 18. The molecule has 103 heavy (non-hydrogen) atoms. The second-order valence-electron chi connectivity index (χ2n) is 26.5. The van der Waals surface area contributed by atoms with E-state index in [4.69, 9.17) is 5.73 Å². The number of amides is 1. The van der Waals surface area contributed by atoms with Crippen molar-refractivity contribution in [1.82, 2.24) is 58.4 Å². The van der Waals surface area contributed by atoms with Crippen LogP contribution in [0.4, 0.5) is 10.1 Å². The highest BCUT2D eigenvalue weighted by Crippen LogP contribution is 2.34. The lowest BCUT2D eigenvalue weighted by Crippen LogP contribution is -2.41. The number of halogens is 1. The van der Waals surface area contributed by atoms with E-state index in [0.717, 1.165) is 117 Å². The molecule has 552 valence electrons. The fourth-order valence-electron chi connectivity index (χ4n) is 13.7. The number of pyridine rings is 4. The fourth-order valence-corrected chi connectivity index (χ4v) is 21.0. The average Bonchev–Trinajstić information content (AvgIpc) is 1.42. The number of aromatic nitrogens is 4. The molecule has 29 heteroatoms. The van der Waals surface area contributed by atoms with Gasteiger partial charge in [0, 0.05) is 175 Å². The Balaban J connectivity index is 0.000000139. The van der Waals surface area contributed by atoms with E-state index in [1.165, 1.54) is 27.1 Å². The maximum absolute atomic E-state index is 14.2. The first-order valence-electron chi connectivity index (χ1n) is 35.3. The van der Waals surface area contributed by atoms with Crippen molar-refractivity contribution >= 4 is 94.8 Å². The molecule has 5 aromatic carbocycles. The van der Waals surface area contributed by atoms with Crippen LogP contribution in [0, 0.1) is 24.6 Å². The third kappa shape index (κ3) is 19.1. The van der Waals surface area contributed by atoms with Crippen molar-refractivity contribution in [2.45, 2.75) is 117 Å². The number of sulfonamides is 4. The third-order valence-electron chi connectivity index (χ3n) is 19.3. The number of benzene rings is 5. The molecule has 8 heterocycles. The minimum atomic E-state index is -3.76. The number of aryl methyl sites for hydroxylation is 1. The average molecular weight is 1490 g/mol. The molecule has 4 saturated heterocycles. The minimum absolute atomic E-state index is 0.0126. The summed E-state index contributed by atoms with van der Waals surface area (Å²) in [6, 6.07) is 33.4. The normalized spacial score (nSPS) is 20.5. The van der Waals surface area contributed by atoms with E-state index in [-0.39, 0.29) is 50.7 Å². The Morgan fingerprint density at radius 3 is 1.59 bits per heavy atom. The summed E-state index contributed by atoms with van der Waals surface area (Å²) >= 11 is 0. The molecule has 24 nitrogen and oxygen atoms in total. The number of anilines is 1. The summed E-state index contributed by atoms with van der Waals surface area (Å²) < 4.78 is 124. The zero-order valence-corrected chi connectivity index (χ0v) is 62.0. The van der Waals surface area contributed by atoms with Crippen LogP contribution in [-0.2, 0) is 44.9 Å². The van der Waals surface area contributed by atoms with Crippen molar-refractivity contribution in [2.75, 3.05) is 96.9 Å². The van der Waals surface area contributed by atoms with Gasteiger partial charge in [-0.3, -0.25) is 24.5 Å². The fraction of sp³-hybridized carbons (Fsp3) is 0.419. The molecule has 0 spiro atoms. The molecular weight excluding hydrogens is 1390 g/mol. The van der Waals surface area contributed by atoms with Gasteiger partial charge in [-0.05, 0) is 171 Å². The highest BCUT2D eigenvalue weighted by molar-refractivity contribution is 7.90. The molecule has 0 bridgehead atoms. The molecule has 9 aromatic rings. The van der Waals surface area contributed by atoms with E-state index >= 15 is 0 Å². The van der Waals surface area contributed by atoms with Gasteiger partial charge in [0.2, 0.25) is 46.0 Å². The Kier molecular flexibility index (Phi) is 27.2. The quantitative estimate of drug-likeness (QED) is 0.0642. The van der Waals surface area contributed by atoms with Gasteiger partial charge in [0.15, 0.2) is 5.82 Å². The Morgan fingerprint density at radius 2 is 1.01 bits per heavy atom. The lowest BCUT2D eigenvalue weighted by atomic mass is 9.79. The van der Waals surface area contributed by atoms with E-state index in [9.17, 15) is 47.7 Å². The minimum Gasteiger partial charge on any atom is -0.329 e. The largest absolute Gasteiger partial charge is 0.329 e. The van der Waals surface area contributed by atoms with Crippen LogP contribution < -0.4 is 37.9 Å². The van der Waals surface area contributed by atoms with Crippen LogP contribution in [-0.4, -0.2) is 186 Å². The van der Waals surface area contributed by atoms with E-state index in [0.29, 0.717) is 97.3 Å². The number of nitrogens with two attached hydrogens (primary N) is 1. The Hall–Kier alpha value is -7.62. The van der Waals surface area contributed by atoms with Crippen LogP contribution in [0.5, 0.6) is 0 Å². The van der Waals surface area contributed by atoms with Gasteiger partial charge < -0.3 is 37.3 Å². The van der Waals surface area contributed by atoms with Gasteiger partial charge in [0.05, 0.1) is 25.8 Å². The van der Waals surface area contributed by atoms with Crippen molar-refractivity contribution in [2.24, 2.45) is 17.6 Å². The van der Waals surface area contributed by atoms with Crippen LogP contribution in [0.1, 0.15) is 77.7 Å². The van der Waals surface area contributed by atoms with Gasteiger partial charge in [-0.25, -0.2) is 38.1 Å². The summed E-state index contributed by atoms with van der Waals surface area (Å²) in [5.74, 6) is 0.285. The summed E-state index contributed by atoms with van der Waals surface area (Å²) in [5.41, 5.74) is 7.41. The molecule has 1 amide bonds. The number of carbonyl (C=O) groups is 1. The van der Waals surface area contributed by atoms with Crippen molar-refractivity contribution in [3.8, 4) is 0 Å². The van der Waals surface area contributed by atoms with Gasteiger partial charge >= 0.3 is 0 Å². The van der Waals surface area contributed by atoms with Crippen molar-refractivity contribution < 1.29 is 42.9 Å². The number of carbonyl (C=O) groups excluding carboxylic acids is 1. The predicted octanol–water partition coefficient (Wildman–Crippen LogP) is 8.17. The number of aromatic amines is 1. The van der Waals surface area contributed by atoms with Crippen LogP contribution in [0.3, 0.4) is 0 Å². The first kappa shape index (κ1) is 78.0. The molecule has 8 N–H and O–H groups in total. The number of nitrogens with one attached hydrogen (secondary N) is 6. The first-order chi connectivity index (χ1) is 49.5. The molecule has 3 atom stereocenters.